The molecule has 0 rings (SSSR count). The smallest absolute Gasteiger partial charge is 0.217 e. The highest BCUT2D eigenvalue weighted by Gasteiger charge is 2.02. The van der Waals surface area contributed by atoms with E-state index in [-0.39, 0.29) is 24.2 Å². The van der Waals surface area contributed by atoms with Gasteiger partial charge in [-0.3, -0.25) is 4.79 Å². The minimum atomic E-state index is -0.288. The summed E-state index contributed by atoms with van der Waals surface area (Å²) in [6.45, 7) is 1.90. The summed E-state index contributed by atoms with van der Waals surface area (Å²) >= 11 is 0. The molecule has 0 aromatic carbocycles. The molecular formula is C6H13ClN2O. The van der Waals surface area contributed by atoms with Crippen molar-refractivity contribution in [1.29, 1.82) is 5.41 Å². The molecule has 3 nitrogen and oxygen atoms in total. The molecular weight excluding hydrogens is 152 g/mol. The molecule has 0 radical (unpaired) electrons. The van der Waals surface area contributed by atoms with Gasteiger partial charge in [-0.25, -0.2) is 0 Å². The van der Waals surface area contributed by atoms with Crippen LogP contribution in [0.2, 0.25) is 0 Å². The summed E-state index contributed by atoms with van der Waals surface area (Å²) in [5.74, 6) is -0.0654. The fourth-order valence-corrected chi connectivity index (χ4v) is 0.628. The lowest BCUT2D eigenvalue weighted by Crippen LogP contribution is -2.14. The third-order valence-corrected chi connectivity index (χ3v) is 1.07. The second-order valence-corrected chi connectivity index (χ2v) is 2.22. The van der Waals surface area contributed by atoms with Crippen LogP contribution in [-0.4, -0.2) is 12.1 Å². The molecule has 0 unspecified atom stereocenters. The van der Waals surface area contributed by atoms with E-state index in [1.165, 1.54) is 6.21 Å². The van der Waals surface area contributed by atoms with Crippen LogP contribution in [0.4, 0.5) is 0 Å². The van der Waals surface area contributed by atoms with E-state index in [1.54, 1.807) is 0 Å². The van der Waals surface area contributed by atoms with E-state index >= 15 is 0 Å². The molecule has 0 aliphatic carbocycles. The van der Waals surface area contributed by atoms with Crippen molar-refractivity contribution in [2.75, 3.05) is 0 Å². The van der Waals surface area contributed by atoms with Gasteiger partial charge >= 0.3 is 0 Å². The van der Waals surface area contributed by atoms with Crippen molar-refractivity contribution in [3.8, 4) is 0 Å². The summed E-state index contributed by atoms with van der Waals surface area (Å²) in [6.07, 6.45) is 2.33. The van der Waals surface area contributed by atoms with Crippen LogP contribution in [0.3, 0.4) is 0 Å². The van der Waals surface area contributed by atoms with Crippen LogP contribution < -0.4 is 5.73 Å². The first-order chi connectivity index (χ1) is 4.16. The highest BCUT2D eigenvalue weighted by Crippen LogP contribution is 2.02. The number of hydrogen-bond acceptors (Lipinski definition) is 2. The maximum Gasteiger partial charge on any atom is 0.217 e. The van der Waals surface area contributed by atoms with Gasteiger partial charge in [0.2, 0.25) is 5.91 Å². The van der Waals surface area contributed by atoms with Gasteiger partial charge < -0.3 is 11.1 Å². The lowest BCUT2D eigenvalue weighted by Gasteiger charge is -2.02. The van der Waals surface area contributed by atoms with Gasteiger partial charge in [-0.05, 0) is 18.6 Å². The fraction of sp³-hybridized carbons (Fsp3) is 0.667. The van der Waals surface area contributed by atoms with Crippen molar-refractivity contribution >= 4 is 24.5 Å². The average molecular weight is 165 g/mol. The third kappa shape index (κ3) is 7.43. The number of hydrogen-bond donors (Lipinski definition) is 2. The molecule has 0 spiro atoms. The quantitative estimate of drug-likeness (QED) is 0.598. The predicted octanol–water partition coefficient (Wildman–Crippen LogP) is 0.959. The lowest BCUT2D eigenvalue weighted by molar-refractivity contribution is -0.118. The Morgan fingerprint density at radius 2 is 2.30 bits per heavy atom. The van der Waals surface area contributed by atoms with E-state index in [1.807, 2.05) is 6.92 Å². The molecule has 10 heavy (non-hydrogen) atoms. The molecule has 0 aliphatic rings. The number of carbonyl (C=O) groups excluding carboxylic acids is 1. The molecule has 3 N–H and O–H groups in total. The summed E-state index contributed by atoms with van der Waals surface area (Å²) in [5.41, 5.74) is 4.91. The van der Waals surface area contributed by atoms with Crippen molar-refractivity contribution < 1.29 is 4.79 Å². The molecule has 0 aromatic rings. The Morgan fingerprint density at radius 3 is 2.60 bits per heavy atom. The van der Waals surface area contributed by atoms with Crippen LogP contribution in [0.1, 0.15) is 19.8 Å². The van der Waals surface area contributed by atoms with Crippen molar-refractivity contribution in [2.24, 2.45) is 11.7 Å². The van der Waals surface area contributed by atoms with E-state index in [4.69, 9.17) is 11.1 Å². The Hall–Kier alpha value is -0.570. The molecule has 0 fully saturated rings. The van der Waals surface area contributed by atoms with Crippen molar-refractivity contribution in [2.45, 2.75) is 19.8 Å². The van der Waals surface area contributed by atoms with Gasteiger partial charge in [0.1, 0.15) is 0 Å². The first-order valence-corrected chi connectivity index (χ1v) is 2.94. The number of primary amides is 1. The van der Waals surface area contributed by atoms with Crippen LogP contribution in [-0.2, 0) is 4.79 Å². The summed E-state index contributed by atoms with van der Waals surface area (Å²) in [7, 11) is 0. The maximum atomic E-state index is 10.2. The highest BCUT2D eigenvalue weighted by molar-refractivity contribution is 5.85. The van der Waals surface area contributed by atoms with Gasteiger partial charge in [-0.1, -0.05) is 6.92 Å². The zero-order chi connectivity index (χ0) is 7.28. The summed E-state index contributed by atoms with van der Waals surface area (Å²) in [4.78, 5) is 10.2. The Kier molecular flexibility index (Phi) is 7.95. The second kappa shape index (κ2) is 6.55. The summed E-state index contributed by atoms with van der Waals surface area (Å²) < 4.78 is 0. The van der Waals surface area contributed by atoms with Crippen molar-refractivity contribution in [1.82, 2.24) is 0 Å². The van der Waals surface area contributed by atoms with Crippen LogP contribution in [0.25, 0.3) is 0 Å². The molecule has 0 heterocycles. The van der Waals surface area contributed by atoms with Gasteiger partial charge in [0, 0.05) is 6.42 Å². The second-order valence-electron chi connectivity index (χ2n) is 2.22. The SMILES string of the molecule is C[C@@H](CC=N)CC(N)=O.Cl. The van der Waals surface area contributed by atoms with Gasteiger partial charge in [-0.15, -0.1) is 12.4 Å². The largest absolute Gasteiger partial charge is 0.370 e. The van der Waals surface area contributed by atoms with Crippen LogP contribution in [0.15, 0.2) is 0 Å². The highest BCUT2D eigenvalue weighted by atomic mass is 35.5. The molecule has 0 aromatic heterocycles. The topological polar surface area (TPSA) is 66.9 Å². The molecule has 4 heteroatoms. The molecule has 0 aliphatic heterocycles. The zero-order valence-electron chi connectivity index (χ0n) is 5.96. The molecule has 1 atom stereocenters. The number of nitrogens with one attached hydrogen (secondary N) is 1. The van der Waals surface area contributed by atoms with Crippen molar-refractivity contribution in [3.63, 3.8) is 0 Å². The van der Waals surface area contributed by atoms with E-state index in [2.05, 4.69) is 0 Å². The predicted molar refractivity (Wildman–Crippen MR) is 43.6 cm³/mol. The average Bonchev–Trinajstić information content (AvgIpc) is 1.63. The van der Waals surface area contributed by atoms with Gasteiger partial charge in [-0.2, -0.15) is 0 Å². The van der Waals surface area contributed by atoms with Gasteiger partial charge in [0.05, 0.1) is 0 Å². The minimum Gasteiger partial charge on any atom is -0.370 e. The third-order valence-electron chi connectivity index (χ3n) is 1.07. The first kappa shape index (κ1) is 12.1. The summed E-state index contributed by atoms with van der Waals surface area (Å²) in [6, 6.07) is 0. The van der Waals surface area contributed by atoms with Crippen LogP contribution in [0.5, 0.6) is 0 Å². The monoisotopic (exact) mass is 164 g/mol. The fourth-order valence-electron chi connectivity index (χ4n) is 0.628. The standard InChI is InChI=1S/C6H12N2O.ClH/c1-5(2-3-7)4-6(8)9;/h3,5,7H,2,4H2,1H3,(H2,8,9);1H/t5-;/m0./s1. The molecule has 0 bridgehead atoms. The zero-order valence-corrected chi connectivity index (χ0v) is 6.78. The normalized spacial score (nSPS) is 11.3. The van der Waals surface area contributed by atoms with E-state index in [9.17, 15) is 4.79 Å². The Labute approximate surface area is 66.9 Å². The maximum absolute atomic E-state index is 10.2. The number of amides is 1. The summed E-state index contributed by atoms with van der Waals surface area (Å²) in [5, 5.41) is 6.70. The minimum absolute atomic E-state index is 0. The van der Waals surface area contributed by atoms with E-state index < -0.39 is 0 Å². The number of rotatable bonds is 4. The van der Waals surface area contributed by atoms with Gasteiger partial charge in [0.15, 0.2) is 0 Å². The molecule has 1 amide bonds. The number of carbonyl (C=O) groups is 1. The first-order valence-electron chi connectivity index (χ1n) is 2.94. The van der Waals surface area contributed by atoms with Crippen LogP contribution >= 0.6 is 12.4 Å². The number of nitrogens with two attached hydrogens (primary N) is 1. The van der Waals surface area contributed by atoms with E-state index in [0.29, 0.717) is 12.8 Å². The van der Waals surface area contributed by atoms with Crippen LogP contribution in [0, 0.1) is 11.3 Å². The number of halogens is 1. The van der Waals surface area contributed by atoms with E-state index in [0.717, 1.165) is 0 Å². The Bertz CT molecular complexity index is 116. The van der Waals surface area contributed by atoms with Crippen molar-refractivity contribution in [3.05, 3.63) is 0 Å². The molecule has 0 saturated heterocycles. The molecule has 0 saturated carbocycles. The molecule has 60 valence electrons. The Morgan fingerprint density at radius 1 is 1.80 bits per heavy atom. The lowest BCUT2D eigenvalue weighted by atomic mass is 10.1. The van der Waals surface area contributed by atoms with Gasteiger partial charge in [0.25, 0.3) is 0 Å². The Balaban J connectivity index is 0.